The van der Waals surface area contributed by atoms with Crippen LogP contribution in [0.4, 0.5) is 11.4 Å². The van der Waals surface area contributed by atoms with Crippen molar-refractivity contribution in [3.05, 3.63) is 47.5 Å². The number of nitrogens with zero attached hydrogens (tertiary/aromatic N) is 4. The van der Waals surface area contributed by atoms with Crippen LogP contribution in [0, 0.1) is 0 Å². The lowest BCUT2D eigenvalue weighted by atomic mass is 10.2. The van der Waals surface area contributed by atoms with Gasteiger partial charge in [-0.2, -0.15) is 37.2 Å². The third-order valence-electron chi connectivity index (χ3n) is 3.96. The van der Waals surface area contributed by atoms with E-state index in [0.717, 1.165) is 29.3 Å². The van der Waals surface area contributed by atoms with Gasteiger partial charge in [0, 0.05) is 0 Å². The van der Waals surface area contributed by atoms with E-state index in [0.29, 0.717) is 0 Å². The van der Waals surface area contributed by atoms with E-state index in [1.165, 1.54) is 25.1 Å². The summed E-state index contributed by atoms with van der Waals surface area (Å²) in [4.78, 5) is 11.9. The Morgan fingerprint density at radius 2 is 1.57 bits per heavy atom. The Bertz CT molecular complexity index is 1290. The second-order valence-corrected chi connectivity index (χ2v) is 9.32. The first-order valence-electron chi connectivity index (χ1n) is 8.02. The second kappa shape index (κ2) is 7.85. The summed E-state index contributed by atoms with van der Waals surface area (Å²) in [7, 11) is -8.87. The summed E-state index contributed by atoms with van der Waals surface area (Å²) < 4.78 is 63.0. The van der Waals surface area contributed by atoms with Crippen molar-refractivity contribution in [3.8, 4) is 0 Å². The molecule has 0 fully saturated rings. The number of benzene rings is 2. The molecule has 0 aliphatic carbocycles. The quantitative estimate of drug-likeness (QED) is 0.498. The second-order valence-electron chi connectivity index (χ2n) is 6.07. The molecular formula is C16H13ClN4O7S2. The molecule has 1 heterocycles. The van der Waals surface area contributed by atoms with E-state index in [2.05, 4.69) is 15.3 Å². The predicted octanol–water partition coefficient (Wildman–Crippen LogP) is 2.71. The monoisotopic (exact) mass is 472 g/mol. The van der Waals surface area contributed by atoms with E-state index in [1.807, 2.05) is 0 Å². The van der Waals surface area contributed by atoms with Gasteiger partial charge in [0.25, 0.3) is 26.1 Å². The van der Waals surface area contributed by atoms with Crippen molar-refractivity contribution in [1.29, 1.82) is 0 Å². The molecule has 0 aromatic heterocycles. The lowest BCUT2D eigenvalue weighted by Crippen LogP contribution is -2.30. The van der Waals surface area contributed by atoms with Crippen molar-refractivity contribution in [3.63, 3.8) is 0 Å². The number of azo groups is 1. The summed E-state index contributed by atoms with van der Waals surface area (Å²) in [6.45, 7) is 1.50. The number of anilines is 1. The molecule has 0 saturated carbocycles. The molecule has 0 unspecified atom stereocenters. The maximum absolute atomic E-state index is 12.7. The Morgan fingerprint density at radius 3 is 2.13 bits per heavy atom. The van der Waals surface area contributed by atoms with Gasteiger partial charge >= 0.3 is 0 Å². The maximum Gasteiger partial charge on any atom is 0.294 e. The van der Waals surface area contributed by atoms with Crippen molar-refractivity contribution in [2.24, 2.45) is 15.3 Å². The minimum absolute atomic E-state index is 0.0192. The number of hydrogen-bond acceptors (Lipinski definition) is 8. The first kappa shape index (κ1) is 22.0. The molecule has 14 heteroatoms. The van der Waals surface area contributed by atoms with Crippen LogP contribution in [0.15, 0.2) is 67.6 Å². The highest BCUT2D eigenvalue weighted by atomic mass is 35.5. The van der Waals surface area contributed by atoms with Crippen LogP contribution >= 0.6 is 11.6 Å². The molecule has 3 rings (SSSR count). The number of amides is 1. The predicted molar refractivity (Wildman–Crippen MR) is 106 cm³/mol. The van der Waals surface area contributed by atoms with Gasteiger partial charge in [-0.1, -0.05) is 11.6 Å². The maximum atomic E-state index is 12.7. The Morgan fingerprint density at radius 1 is 1.00 bits per heavy atom. The Labute approximate surface area is 176 Å². The Hall–Kier alpha value is -2.71. The topological polar surface area (TPSA) is 166 Å². The van der Waals surface area contributed by atoms with Crippen LogP contribution in [-0.4, -0.2) is 43.6 Å². The van der Waals surface area contributed by atoms with Gasteiger partial charge in [-0.25, -0.2) is 0 Å². The molecule has 0 saturated heterocycles. The molecule has 1 amide bonds. The van der Waals surface area contributed by atoms with E-state index in [-0.39, 0.29) is 27.0 Å². The van der Waals surface area contributed by atoms with Crippen molar-refractivity contribution in [2.75, 3.05) is 5.01 Å². The van der Waals surface area contributed by atoms with E-state index >= 15 is 0 Å². The number of halogens is 1. The zero-order valence-electron chi connectivity index (χ0n) is 15.0. The van der Waals surface area contributed by atoms with Crippen LogP contribution in [0.25, 0.3) is 0 Å². The zero-order chi connectivity index (χ0) is 22.3. The number of hydrogen-bond donors (Lipinski definition) is 2. The van der Waals surface area contributed by atoms with Crippen molar-refractivity contribution in [1.82, 2.24) is 0 Å². The molecule has 1 aliphatic heterocycles. The van der Waals surface area contributed by atoms with Gasteiger partial charge in [0.2, 0.25) is 0 Å². The van der Waals surface area contributed by atoms with Gasteiger partial charge in [-0.05, 0) is 49.4 Å². The van der Waals surface area contributed by atoms with Gasteiger partial charge in [-0.3, -0.25) is 13.9 Å². The van der Waals surface area contributed by atoms with Crippen molar-refractivity contribution < 1.29 is 30.7 Å². The molecule has 1 atom stereocenters. The van der Waals surface area contributed by atoms with Gasteiger partial charge < -0.3 is 0 Å². The Balaban J connectivity index is 1.87. The molecular weight excluding hydrogens is 460 g/mol. The molecule has 158 valence electrons. The van der Waals surface area contributed by atoms with Crippen LogP contribution in [0.3, 0.4) is 0 Å². The van der Waals surface area contributed by atoms with Gasteiger partial charge in [0.05, 0.1) is 31.9 Å². The van der Waals surface area contributed by atoms with Crippen LogP contribution in [0.2, 0.25) is 5.02 Å². The van der Waals surface area contributed by atoms with Crippen LogP contribution in [0.1, 0.15) is 6.92 Å². The highest BCUT2D eigenvalue weighted by molar-refractivity contribution is 7.86. The third-order valence-corrected chi connectivity index (χ3v) is 6.00. The molecule has 2 aromatic rings. The fourth-order valence-electron chi connectivity index (χ4n) is 2.49. The van der Waals surface area contributed by atoms with Crippen LogP contribution in [0.5, 0.6) is 0 Å². The highest BCUT2D eigenvalue weighted by Gasteiger charge is 2.36. The van der Waals surface area contributed by atoms with Crippen LogP contribution < -0.4 is 5.01 Å². The summed E-state index contributed by atoms with van der Waals surface area (Å²) in [5.74, 6) is -0.666. The average molecular weight is 473 g/mol. The SMILES string of the molecule is CC1=NN(c2cc(S(=O)(=O)O)ccc2Cl)C(=O)[C@@H]1N=Nc1ccc(S(=O)(=O)O)cc1. The first-order chi connectivity index (χ1) is 13.9. The smallest absolute Gasteiger partial charge is 0.282 e. The van der Waals surface area contributed by atoms with Crippen LogP contribution in [-0.2, 0) is 25.0 Å². The van der Waals surface area contributed by atoms with E-state index in [9.17, 15) is 26.2 Å². The number of hydrazone groups is 1. The minimum atomic E-state index is -4.52. The molecule has 0 radical (unpaired) electrons. The molecule has 2 aromatic carbocycles. The molecule has 11 nitrogen and oxygen atoms in total. The minimum Gasteiger partial charge on any atom is -0.282 e. The normalized spacial score (nSPS) is 17.6. The number of rotatable bonds is 5. The Kier molecular flexibility index (Phi) is 5.75. The summed E-state index contributed by atoms with van der Waals surface area (Å²) in [5, 5.41) is 12.7. The molecule has 30 heavy (non-hydrogen) atoms. The molecule has 0 spiro atoms. The largest absolute Gasteiger partial charge is 0.294 e. The highest BCUT2D eigenvalue weighted by Crippen LogP contribution is 2.32. The van der Waals surface area contributed by atoms with Gasteiger partial charge in [0.15, 0.2) is 6.04 Å². The van der Waals surface area contributed by atoms with E-state index < -0.39 is 37.1 Å². The summed E-state index contributed by atoms with van der Waals surface area (Å²) >= 11 is 6.05. The molecule has 0 bridgehead atoms. The molecule has 1 aliphatic rings. The summed E-state index contributed by atoms with van der Waals surface area (Å²) in [6.07, 6.45) is 0. The lowest BCUT2D eigenvalue weighted by Gasteiger charge is -2.15. The molecule has 2 N–H and O–H groups in total. The average Bonchev–Trinajstić information content (AvgIpc) is 2.93. The lowest BCUT2D eigenvalue weighted by molar-refractivity contribution is -0.117. The number of carbonyl (C=O) groups excluding carboxylic acids is 1. The first-order valence-corrected chi connectivity index (χ1v) is 11.3. The standard InChI is InChI=1S/C16H13ClN4O7S2/c1-9-15(19-18-10-2-4-11(5-3-10)29(23,24)25)16(22)21(20-9)14-8-12(30(26,27)28)6-7-13(14)17/h2-8,15H,1H3,(H,23,24,25)(H,26,27,28)/t15-/m1/s1. The fraction of sp³-hybridized carbons (Fsp3) is 0.125. The zero-order valence-corrected chi connectivity index (χ0v) is 17.4. The van der Waals surface area contributed by atoms with Crippen molar-refractivity contribution >= 4 is 54.8 Å². The third kappa shape index (κ3) is 4.55. The van der Waals surface area contributed by atoms with Crippen molar-refractivity contribution in [2.45, 2.75) is 22.8 Å². The van der Waals surface area contributed by atoms with Gasteiger partial charge in [-0.15, -0.1) is 0 Å². The summed E-state index contributed by atoms with van der Waals surface area (Å²) in [6, 6.07) is 6.94. The van der Waals surface area contributed by atoms with E-state index in [1.54, 1.807) is 0 Å². The van der Waals surface area contributed by atoms with E-state index in [4.69, 9.17) is 16.2 Å². The van der Waals surface area contributed by atoms with Gasteiger partial charge in [0.1, 0.15) is 0 Å². The number of carbonyl (C=O) groups is 1. The summed E-state index contributed by atoms with van der Waals surface area (Å²) in [5.41, 5.74) is 0.394. The fourth-order valence-corrected chi connectivity index (χ4v) is 3.66.